The van der Waals surface area contributed by atoms with Crippen molar-refractivity contribution in [2.75, 3.05) is 13.1 Å². The van der Waals surface area contributed by atoms with Crippen LogP contribution in [0.15, 0.2) is 83.8 Å². The average Bonchev–Trinajstić information content (AvgIpc) is 2.94. The molecule has 2 amide bonds. The lowest BCUT2D eigenvalue weighted by Crippen LogP contribution is -2.50. The molecule has 0 unspecified atom stereocenters. The maximum Gasteiger partial charge on any atom is 0.243 e. The monoisotopic (exact) mass is 553 g/mol. The fraction of sp³-hybridized carbons (Fsp3) is 0.333. The molecule has 7 nitrogen and oxygen atoms in total. The highest BCUT2D eigenvalue weighted by molar-refractivity contribution is 7.89. The molecule has 1 atom stereocenters. The van der Waals surface area contributed by atoms with Crippen molar-refractivity contribution in [3.05, 3.63) is 101 Å². The first-order valence-corrected chi connectivity index (χ1v) is 14.7. The number of nitrogens with zero attached hydrogens (tertiary/aromatic N) is 1. The van der Waals surface area contributed by atoms with Gasteiger partial charge in [0.15, 0.2) is 0 Å². The zero-order chi connectivity index (χ0) is 28.3. The Hall–Kier alpha value is -3.56. The predicted molar refractivity (Wildman–Crippen MR) is 150 cm³/mol. The smallest absolute Gasteiger partial charge is 0.243 e. The summed E-state index contributed by atoms with van der Waals surface area (Å²) in [6.07, 6.45) is 1.58. The standard InChI is InChI=1S/C30H36FN3O4S/c1-3-20-32-30(36)28(21-24-8-6-5-7-9-24)34(22-25-10-15-26(31)16-11-25)29(35)19-14-23-12-17-27(18-13-23)39(37,38)33-4-2/h5-13,15-18,28,33H,3-4,14,19-22H2,1-2H3,(H,32,36)/t28-/m0/s1. The highest BCUT2D eigenvalue weighted by atomic mass is 32.2. The summed E-state index contributed by atoms with van der Waals surface area (Å²) in [5.41, 5.74) is 2.43. The van der Waals surface area contributed by atoms with Gasteiger partial charge < -0.3 is 10.2 Å². The molecular weight excluding hydrogens is 517 g/mol. The molecule has 39 heavy (non-hydrogen) atoms. The number of benzene rings is 3. The fourth-order valence-corrected chi connectivity index (χ4v) is 5.25. The van der Waals surface area contributed by atoms with Crippen LogP contribution in [0, 0.1) is 5.82 Å². The number of hydrogen-bond donors (Lipinski definition) is 2. The molecule has 3 aromatic rings. The van der Waals surface area contributed by atoms with E-state index in [0.717, 1.165) is 17.5 Å². The summed E-state index contributed by atoms with van der Waals surface area (Å²) in [6.45, 7) is 4.60. The van der Waals surface area contributed by atoms with Crippen LogP contribution in [0.1, 0.15) is 43.4 Å². The topological polar surface area (TPSA) is 95.6 Å². The molecule has 0 fully saturated rings. The van der Waals surface area contributed by atoms with Crippen LogP contribution >= 0.6 is 0 Å². The number of rotatable bonds is 14. The van der Waals surface area contributed by atoms with Gasteiger partial charge in [-0.15, -0.1) is 0 Å². The highest BCUT2D eigenvalue weighted by Gasteiger charge is 2.30. The van der Waals surface area contributed by atoms with E-state index in [1.54, 1.807) is 36.1 Å². The fourth-order valence-electron chi connectivity index (χ4n) is 4.21. The molecule has 3 rings (SSSR count). The van der Waals surface area contributed by atoms with Gasteiger partial charge in [-0.3, -0.25) is 9.59 Å². The summed E-state index contributed by atoms with van der Waals surface area (Å²) in [4.78, 5) is 28.7. The maximum absolute atomic E-state index is 13.7. The van der Waals surface area contributed by atoms with Gasteiger partial charge in [-0.05, 0) is 53.8 Å². The number of carbonyl (C=O) groups excluding carboxylic acids is 2. The van der Waals surface area contributed by atoms with E-state index in [9.17, 15) is 22.4 Å². The molecule has 0 aliphatic rings. The van der Waals surface area contributed by atoms with E-state index in [-0.39, 0.29) is 35.5 Å². The van der Waals surface area contributed by atoms with Gasteiger partial charge in [-0.25, -0.2) is 17.5 Å². The number of hydrogen-bond acceptors (Lipinski definition) is 4. The van der Waals surface area contributed by atoms with Crippen LogP contribution < -0.4 is 10.0 Å². The summed E-state index contributed by atoms with van der Waals surface area (Å²) < 4.78 is 40.5. The Kier molecular flexibility index (Phi) is 11.2. The molecule has 0 bridgehead atoms. The number of amides is 2. The Balaban J connectivity index is 1.85. The molecule has 0 radical (unpaired) electrons. The zero-order valence-corrected chi connectivity index (χ0v) is 23.2. The van der Waals surface area contributed by atoms with Gasteiger partial charge in [0.2, 0.25) is 21.8 Å². The Morgan fingerprint density at radius 2 is 1.51 bits per heavy atom. The second kappa shape index (κ2) is 14.6. The number of carbonyl (C=O) groups is 2. The molecule has 0 saturated carbocycles. The van der Waals surface area contributed by atoms with Crippen LogP contribution in [0.5, 0.6) is 0 Å². The third kappa shape index (κ3) is 9.01. The first-order chi connectivity index (χ1) is 18.7. The van der Waals surface area contributed by atoms with Crippen LogP contribution in [-0.2, 0) is 39.0 Å². The molecule has 0 aromatic heterocycles. The number of halogens is 1. The molecule has 0 saturated heterocycles. The van der Waals surface area contributed by atoms with Crippen molar-refractivity contribution in [1.82, 2.24) is 14.9 Å². The normalized spacial score (nSPS) is 12.1. The van der Waals surface area contributed by atoms with Crippen LogP contribution in [0.2, 0.25) is 0 Å². The SMILES string of the molecule is CCCNC(=O)[C@H](Cc1ccccc1)N(Cc1ccc(F)cc1)C(=O)CCc1ccc(S(=O)(=O)NCC)cc1. The van der Waals surface area contributed by atoms with Crippen molar-refractivity contribution in [3.63, 3.8) is 0 Å². The van der Waals surface area contributed by atoms with Crippen LogP contribution in [-0.4, -0.2) is 44.3 Å². The molecule has 0 heterocycles. The van der Waals surface area contributed by atoms with E-state index < -0.39 is 16.1 Å². The highest BCUT2D eigenvalue weighted by Crippen LogP contribution is 2.18. The van der Waals surface area contributed by atoms with Crippen LogP contribution in [0.4, 0.5) is 4.39 Å². The zero-order valence-electron chi connectivity index (χ0n) is 22.4. The first-order valence-electron chi connectivity index (χ1n) is 13.2. The van der Waals surface area contributed by atoms with Crippen molar-refractivity contribution < 1.29 is 22.4 Å². The average molecular weight is 554 g/mol. The quantitative estimate of drug-likeness (QED) is 0.313. The number of aryl methyl sites for hydroxylation is 1. The second-order valence-corrected chi connectivity index (χ2v) is 11.1. The Bertz CT molecular complexity index is 1310. The van der Waals surface area contributed by atoms with Gasteiger partial charge in [0.05, 0.1) is 4.90 Å². The van der Waals surface area contributed by atoms with Crippen LogP contribution in [0.25, 0.3) is 0 Å². The van der Waals surface area contributed by atoms with Crippen molar-refractivity contribution in [2.24, 2.45) is 0 Å². The van der Waals surface area contributed by atoms with Crippen molar-refractivity contribution in [1.29, 1.82) is 0 Å². The Labute approximate surface area is 230 Å². The summed E-state index contributed by atoms with van der Waals surface area (Å²) in [5, 5.41) is 2.93. The Morgan fingerprint density at radius 1 is 0.872 bits per heavy atom. The third-order valence-electron chi connectivity index (χ3n) is 6.28. The minimum absolute atomic E-state index is 0.118. The Morgan fingerprint density at radius 3 is 2.13 bits per heavy atom. The number of nitrogens with one attached hydrogen (secondary N) is 2. The lowest BCUT2D eigenvalue weighted by Gasteiger charge is -2.31. The van der Waals surface area contributed by atoms with Crippen molar-refractivity contribution >= 4 is 21.8 Å². The van der Waals surface area contributed by atoms with Gasteiger partial charge in [-0.1, -0.05) is 68.4 Å². The van der Waals surface area contributed by atoms with E-state index in [0.29, 0.717) is 31.5 Å². The number of sulfonamides is 1. The van der Waals surface area contributed by atoms with E-state index in [4.69, 9.17) is 0 Å². The van der Waals surface area contributed by atoms with E-state index in [1.165, 1.54) is 24.3 Å². The maximum atomic E-state index is 13.7. The van der Waals surface area contributed by atoms with Crippen molar-refractivity contribution in [2.45, 2.75) is 57.0 Å². The lowest BCUT2D eigenvalue weighted by molar-refractivity contribution is -0.141. The van der Waals surface area contributed by atoms with Gasteiger partial charge in [0.1, 0.15) is 11.9 Å². The largest absolute Gasteiger partial charge is 0.354 e. The van der Waals surface area contributed by atoms with Crippen LogP contribution in [0.3, 0.4) is 0 Å². The molecule has 0 aliphatic heterocycles. The molecule has 0 aliphatic carbocycles. The van der Waals surface area contributed by atoms with Gasteiger partial charge >= 0.3 is 0 Å². The lowest BCUT2D eigenvalue weighted by atomic mass is 10.0. The van der Waals surface area contributed by atoms with Gasteiger partial charge in [-0.2, -0.15) is 0 Å². The summed E-state index contributed by atoms with van der Waals surface area (Å²) in [5.74, 6) is -0.844. The van der Waals surface area contributed by atoms with Gasteiger partial charge in [0.25, 0.3) is 0 Å². The molecule has 3 aromatic carbocycles. The molecule has 208 valence electrons. The summed E-state index contributed by atoms with van der Waals surface area (Å²) in [6, 6.07) is 21.1. The summed E-state index contributed by atoms with van der Waals surface area (Å²) in [7, 11) is -3.56. The molecule has 9 heteroatoms. The van der Waals surface area contributed by atoms with E-state index in [1.807, 2.05) is 37.3 Å². The minimum atomic E-state index is -3.56. The van der Waals surface area contributed by atoms with E-state index >= 15 is 0 Å². The first kappa shape index (κ1) is 30.0. The molecule has 2 N–H and O–H groups in total. The minimum Gasteiger partial charge on any atom is -0.354 e. The molecule has 0 spiro atoms. The molecular formula is C30H36FN3O4S. The van der Waals surface area contributed by atoms with Crippen molar-refractivity contribution in [3.8, 4) is 0 Å². The predicted octanol–water partition coefficient (Wildman–Crippen LogP) is 4.22. The van der Waals surface area contributed by atoms with Gasteiger partial charge in [0, 0.05) is 32.5 Å². The summed E-state index contributed by atoms with van der Waals surface area (Å²) >= 11 is 0. The third-order valence-corrected chi connectivity index (χ3v) is 7.84. The van der Waals surface area contributed by atoms with E-state index in [2.05, 4.69) is 10.0 Å². The second-order valence-electron chi connectivity index (χ2n) is 9.29.